The Kier molecular flexibility index (Phi) is 4.18. The van der Waals surface area contributed by atoms with E-state index in [1.165, 1.54) is 18.9 Å². The van der Waals surface area contributed by atoms with E-state index in [0.29, 0.717) is 19.2 Å². The Bertz CT molecular complexity index is 594. The zero-order valence-electron chi connectivity index (χ0n) is 12.6. The van der Waals surface area contributed by atoms with Crippen molar-refractivity contribution in [2.24, 2.45) is 5.92 Å². The van der Waals surface area contributed by atoms with Crippen LogP contribution >= 0.6 is 0 Å². The van der Waals surface area contributed by atoms with Crippen molar-refractivity contribution >= 4 is 11.4 Å². The summed E-state index contributed by atoms with van der Waals surface area (Å²) in [7, 11) is 0. The van der Waals surface area contributed by atoms with Crippen LogP contribution in [0.25, 0.3) is 0 Å². The first-order valence-electron chi connectivity index (χ1n) is 7.67. The van der Waals surface area contributed by atoms with E-state index in [1.54, 1.807) is 4.90 Å². The van der Waals surface area contributed by atoms with E-state index in [1.807, 2.05) is 0 Å². The summed E-state index contributed by atoms with van der Waals surface area (Å²) in [5.41, 5.74) is -1.43. The minimum absolute atomic E-state index is 0.0363. The van der Waals surface area contributed by atoms with Crippen LogP contribution in [0.1, 0.15) is 18.4 Å². The predicted octanol–water partition coefficient (Wildman–Crippen LogP) is 3.15. The van der Waals surface area contributed by atoms with E-state index in [2.05, 4.69) is 4.90 Å². The highest BCUT2D eigenvalue weighted by Gasteiger charge is 2.37. The number of alkyl halides is 3. The summed E-state index contributed by atoms with van der Waals surface area (Å²) in [6.07, 6.45) is -2.10. The number of piperazine rings is 1. The molecule has 23 heavy (non-hydrogen) atoms. The number of non-ortho nitro benzene ring substituents is 1. The Labute approximate surface area is 131 Å². The SMILES string of the molecule is O=[N+]([O-])c1ccc(N2CCN(CC3CC3)CC2)c(C(F)(F)F)c1. The van der Waals surface area contributed by atoms with Crippen molar-refractivity contribution in [3.05, 3.63) is 33.9 Å². The number of nitro groups is 1. The molecular weight excluding hydrogens is 311 g/mol. The first-order valence-corrected chi connectivity index (χ1v) is 7.67. The molecule has 0 unspecified atom stereocenters. The van der Waals surface area contributed by atoms with Crippen LogP contribution in [0.5, 0.6) is 0 Å². The third kappa shape index (κ3) is 3.74. The number of halogens is 3. The number of hydrogen-bond acceptors (Lipinski definition) is 4. The van der Waals surface area contributed by atoms with Crippen molar-refractivity contribution in [2.45, 2.75) is 19.0 Å². The third-order valence-corrected chi connectivity index (χ3v) is 4.42. The average molecular weight is 329 g/mol. The van der Waals surface area contributed by atoms with Crippen molar-refractivity contribution in [3.8, 4) is 0 Å². The molecule has 5 nitrogen and oxygen atoms in total. The molecule has 0 spiro atoms. The van der Waals surface area contributed by atoms with Crippen molar-refractivity contribution in [2.75, 3.05) is 37.6 Å². The first kappa shape index (κ1) is 16.0. The highest BCUT2D eigenvalue weighted by molar-refractivity contribution is 5.59. The molecule has 1 aliphatic carbocycles. The van der Waals surface area contributed by atoms with Gasteiger partial charge in [0.1, 0.15) is 0 Å². The molecule has 126 valence electrons. The van der Waals surface area contributed by atoms with Crippen LogP contribution in [0.4, 0.5) is 24.5 Å². The molecule has 8 heteroatoms. The van der Waals surface area contributed by atoms with E-state index in [4.69, 9.17) is 0 Å². The Morgan fingerprint density at radius 3 is 2.35 bits per heavy atom. The summed E-state index contributed by atoms with van der Waals surface area (Å²) in [6, 6.07) is 2.99. The largest absolute Gasteiger partial charge is 0.418 e. The summed E-state index contributed by atoms with van der Waals surface area (Å²) in [5.74, 6) is 0.756. The average Bonchev–Trinajstić information content (AvgIpc) is 3.30. The summed E-state index contributed by atoms with van der Waals surface area (Å²) in [5, 5.41) is 10.7. The van der Waals surface area contributed by atoms with Crippen LogP contribution in [0, 0.1) is 16.0 Å². The minimum Gasteiger partial charge on any atom is -0.368 e. The molecule has 1 saturated heterocycles. The predicted molar refractivity (Wildman–Crippen MR) is 79.5 cm³/mol. The molecule has 1 aromatic carbocycles. The van der Waals surface area contributed by atoms with Crippen molar-refractivity contribution < 1.29 is 18.1 Å². The van der Waals surface area contributed by atoms with Crippen molar-refractivity contribution in [3.63, 3.8) is 0 Å². The molecule has 2 aliphatic rings. The number of hydrogen-bond donors (Lipinski definition) is 0. The van der Waals surface area contributed by atoms with Crippen LogP contribution in [0.2, 0.25) is 0 Å². The molecular formula is C15H18F3N3O2. The van der Waals surface area contributed by atoms with E-state index in [-0.39, 0.29) is 5.69 Å². The summed E-state index contributed by atoms with van der Waals surface area (Å²) in [6.45, 7) is 3.50. The van der Waals surface area contributed by atoms with Gasteiger partial charge in [-0.05, 0) is 24.8 Å². The zero-order chi connectivity index (χ0) is 16.6. The third-order valence-electron chi connectivity index (χ3n) is 4.42. The number of anilines is 1. The van der Waals surface area contributed by atoms with Crippen LogP contribution in [-0.2, 0) is 6.18 Å². The van der Waals surface area contributed by atoms with Crippen molar-refractivity contribution in [1.82, 2.24) is 4.90 Å². The maximum Gasteiger partial charge on any atom is 0.418 e. The molecule has 1 saturated carbocycles. The Balaban J connectivity index is 1.77. The molecule has 0 aromatic heterocycles. The lowest BCUT2D eigenvalue weighted by molar-refractivity contribution is -0.385. The van der Waals surface area contributed by atoms with Gasteiger partial charge in [-0.25, -0.2) is 0 Å². The maximum atomic E-state index is 13.2. The second-order valence-electron chi connectivity index (χ2n) is 6.19. The fraction of sp³-hybridized carbons (Fsp3) is 0.600. The van der Waals surface area contributed by atoms with Crippen LogP contribution in [-0.4, -0.2) is 42.5 Å². The smallest absolute Gasteiger partial charge is 0.368 e. The van der Waals surface area contributed by atoms with Crippen LogP contribution in [0.3, 0.4) is 0 Å². The highest BCUT2D eigenvalue weighted by Crippen LogP contribution is 2.39. The Morgan fingerprint density at radius 1 is 1.17 bits per heavy atom. The molecule has 3 rings (SSSR count). The van der Waals surface area contributed by atoms with E-state index in [9.17, 15) is 23.3 Å². The normalized spacial score (nSPS) is 19.9. The summed E-state index contributed by atoms with van der Waals surface area (Å²) >= 11 is 0. The van der Waals surface area contributed by atoms with Gasteiger partial charge in [-0.2, -0.15) is 13.2 Å². The van der Waals surface area contributed by atoms with Gasteiger partial charge >= 0.3 is 6.18 Å². The minimum atomic E-state index is -4.60. The number of nitro benzene ring substituents is 1. The van der Waals surface area contributed by atoms with Gasteiger partial charge in [-0.15, -0.1) is 0 Å². The lowest BCUT2D eigenvalue weighted by Gasteiger charge is -2.37. The molecule has 1 aromatic rings. The Hall–Kier alpha value is -1.83. The standard InChI is InChI=1S/C15H18F3N3O2/c16-15(17,18)13-9-12(21(22)23)3-4-14(13)20-7-5-19(6-8-20)10-11-1-2-11/h3-4,9,11H,1-2,5-8,10H2. The van der Waals surface area contributed by atoms with Gasteiger partial charge in [0, 0.05) is 50.5 Å². The van der Waals surface area contributed by atoms with Gasteiger partial charge in [0.15, 0.2) is 0 Å². The van der Waals surface area contributed by atoms with Gasteiger partial charge < -0.3 is 4.90 Å². The number of rotatable bonds is 4. The molecule has 0 bridgehead atoms. The van der Waals surface area contributed by atoms with Gasteiger partial charge in [0.25, 0.3) is 5.69 Å². The quantitative estimate of drug-likeness (QED) is 0.629. The summed E-state index contributed by atoms with van der Waals surface area (Å²) < 4.78 is 39.7. The summed E-state index contributed by atoms with van der Waals surface area (Å²) in [4.78, 5) is 13.9. The van der Waals surface area contributed by atoms with Gasteiger partial charge in [0.2, 0.25) is 0 Å². The Morgan fingerprint density at radius 2 is 1.83 bits per heavy atom. The zero-order valence-corrected chi connectivity index (χ0v) is 12.6. The van der Waals surface area contributed by atoms with Gasteiger partial charge in [0.05, 0.1) is 10.5 Å². The molecule has 0 atom stereocenters. The molecule has 1 aliphatic heterocycles. The second-order valence-corrected chi connectivity index (χ2v) is 6.19. The first-order chi connectivity index (χ1) is 10.8. The van der Waals surface area contributed by atoms with E-state index in [0.717, 1.165) is 31.6 Å². The van der Waals surface area contributed by atoms with Gasteiger partial charge in [-0.3, -0.25) is 15.0 Å². The van der Waals surface area contributed by atoms with Crippen LogP contribution in [0.15, 0.2) is 18.2 Å². The molecule has 0 radical (unpaired) electrons. The molecule has 0 amide bonds. The van der Waals surface area contributed by atoms with Crippen LogP contribution < -0.4 is 4.90 Å². The van der Waals surface area contributed by atoms with E-state index >= 15 is 0 Å². The van der Waals surface area contributed by atoms with E-state index < -0.39 is 22.4 Å². The molecule has 2 fully saturated rings. The molecule has 0 N–H and O–H groups in total. The fourth-order valence-corrected chi connectivity index (χ4v) is 2.98. The topological polar surface area (TPSA) is 49.6 Å². The number of benzene rings is 1. The highest BCUT2D eigenvalue weighted by atomic mass is 19.4. The lowest BCUT2D eigenvalue weighted by atomic mass is 10.1. The second kappa shape index (κ2) is 5.99. The van der Waals surface area contributed by atoms with Gasteiger partial charge in [-0.1, -0.05) is 0 Å². The fourth-order valence-electron chi connectivity index (χ4n) is 2.98. The molecule has 1 heterocycles. The maximum absolute atomic E-state index is 13.2. The number of nitrogens with zero attached hydrogens (tertiary/aromatic N) is 3. The van der Waals surface area contributed by atoms with Crippen molar-refractivity contribution in [1.29, 1.82) is 0 Å². The lowest BCUT2D eigenvalue weighted by Crippen LogP contribution is -2.47. The monoisotopic (exact) mass is 329 g/mol.